The number of anilines is 1. The molecule has 2 aromatic carbocycles. The van der Waals surface area contributed by atoms with Crippen molar-refractivity contribution in [2.45, 2.75) is 25.8 Å². The van der Waals surface area contributed by atoms with Crippen molar-refractivity contribution in [3.05, 3.63) is 53.3 Å². The molecule has 4 rings (SSSR count). The minimum Gasteiger partial charge on any atom is -0.504 e. The van der Waals surface area contributed by atoms with Crippen LogP contribution in [0.5, 0.6) is 17.2 Å². The van der Waals surface area contributed by atoms with Crippen LogP contribution in [0.4, 0.5) is 10.2 Å². The predicted octanol–water partition coefficient (Wildman–Crippen LogP) is 4.39. The number of benzene rings is 2. The molecule has 1 aliphatic heterocycles. The van der Waals surface area contributed by atoms with Crippen molar-refractivity contribution in [1.29, 1.82) is 5.26 Å². The minimum atomic E-state index is -0.629. The molecule has 0 unspecified atom stereocenters. The molecular weight excluding hydrogens is 435 g/mol. The van der Waals surface area contributed by atoms with E-state index < -0.39 is 5.82 Å². The second-order valence-corrected chi connectivity index (χ2v) is 8.33. The molecule has 1 saturated heterocycles. The van der Waals surface area contributed by atoms with Gasteiger partial charge in [-0.1, -0.05) is 12.1 Å². The first-order chi connectivity index (χ1) is 16.4. The molecule has 1 fully saturated rings. The summed E-state index contributed by atoms with van der Waals surface area (Å²) in [5.74, 6) is 0.981. The highest BCUT2D eigenvalue weighted by Gasteiger charge is 2.26. The Balaban J connectivity index is 1.99. The van der Waals surface area contributed by atoms with E-state index in [0.717, 1.165) is 37.3 Å². The monoisotopic (exact) mass is 462 g/mol. The van der Waals surface area contributed by atoms with E-state index in [-0.39, 0.29) is 17.4 Å². The highest BCUT2D eigenvalue weighted by atomic mass is 19.1. The van der Waals surface area contributed by atoms with Crippen molar-refractivity contribution in [2.75, 3.05) is 32.2 Å². The number of ether oxygens (including phenoxy) is 2. The molecule has 2 heterocycles. The Morgan fingerprint density at radius 1 is 1.12 bits per heavy atom. The summed E-state index contributed by atoms with van der Waals surface area (Å²) in [7, 11) is 3.06. The lowest BCUT2D eigenvalue weighted by Gasteiger charge is -2.33. The van der Waals surface area contributed by atoms with E-state index in [1.54, 1.807) is 31.4 Å². The Bertz CT molecular complexity index is 1260. The molecule has 7 nitrogen and oxygen atoms in total. The van der Waals surface area contributed by atoms with Crippen molar-refractivity contribution in [3.63, 3.8) is 0 Å². The predicted molar refractivity (Wildman–Crippen MR) is 129 cm³/mol. The standard InChI is InChI=1S/C26H27FN4O3/c1-15-25(34-3)23(16-6-7-22(33-2)21(32)13-16)24(17-4-5-18(14-28)20(27)12-17)30-26(15)31-10-8-19(29)9-11-31/h4-7,12-13,19,32H,8-11,29H2,1-3H3. The molecule has 0 amide bonds. The smallest absolute Gasteiger partial charge is 0.160 e. The van der Waals surface area contributed by atoms with E-state index in [1.807, 2.05) is 13.0 Å². The van der Waals surface area contributed by atoms with Crippen molar-refractivity contribution in [3.8, 4) is 45.7 Å². The Morgan fingerprint density at radius 3 is 2.41 bits per heavy atom. The normalized spacial score (nSPS) is 14.1. The number of aromatic nitrogens is 1. The molecular formula is C26H27FN4O3. The zero-order valence-electron chi connectivity index (χ0n) is 19.4. The topological polar surface area (TPSA) is 105 Å². The maximum absolute atomic E-state index is 14.6. The summed E-state index contributed by atoms with van der Waals surface area (Å²) in [6.45, 7) is 3.44. The molecule has 0 saturated carbocycles. The van der Waals surface area contributed by atoms with Gasteiger partial charge >= 0.3 is 0 Å². The number of nitrogens with two attached hydrogens (primary N) is 1. The summed E-state index contributed by atoms with van der Waals surface area (Å²) in [6.07, 6.45) is 1.69. The van der Waals surface area contributed by atoms with Gasteiger partial charge in [-0.3, -0.25) is 0 Å². The van der Waals surface area contributed by atoms with Crippen LogP contribution < -0.4 is 20.1 Å². The van der Waals surface area contributed by atoms with E-state index in [9.17, 15) is 9.50 Å². The third kappa shape index (κ3) is 4.22. The summed E-state index contributed by atoms with van der Waals surface area (Å²) in [4.78, 5) is 7.15. The molecule has 1 aromatic heterocycles. The van der Waals surface area contributed by atoms with Crippen molar-refractivity contribution in [2.24, 2.45) is 5.73 Å². The average molecular weight is 463 g/mol. The van der Waals surface area contributed by atoms with Crippen molar-refractivity contribution in [1.82, 2.24) is 4.98 Å². The van der Waals surface area contributed by atoms with Gasteiger partial charge in [-0.05, 0) is 49.6 Å². The largest absolute Gasteiger partial charge is 0.504 e. The van der Waals surface area contributed by atoms with Gasteiger partial charge in [0.2, 0.25) is 0 Å². The maximum atomic E-state index is 14.6. The molecule has 0 atom stereocenters. The molecule has 3 N–H and O–H groups in total. The Morgan fingerprint density at radius 2 is 1.82 bits per heavy atom. The number of phenolic OH excluding ortho intramolecular Hbond substituents is 1. The van der Waals surface area contributed by atoms with Gasteiger partial charge in [0.05, 0.1) is 31.0 Å². The van der Waals surface area contributed by atoms with Crippen LogP contribution in [0.1, 0.15) is 24.0 Å². The zero-order valence-corrected chi connectivity index (χ0v) is 19.4. The summed E-state index contributed by atoms with van der Waals surface area (Å²) >= 11 is 0. The fourth-order valence-electron chi connectivity index (χ4n) is 4.39. The molecule has 0 radical (unpaired) electrons. The molecule has 0 aliphatic carbocycles. The third-order valence-corrected chi connectivity index (χ3v) is 6.23. The van der Waals surface area contributed by atoms with Gasteiger partial charge in [-0.2, -0.15) is 5.26 Å². The fraction of sp³-hybridized carbons (Fsp3) is 0.308. The lowest BCUT2D eigenvalue weighted by molar-refractivity contribution is 0.373. The summed E-state index contributed by atoms with van der Waals surface area (Å²) in [5.41, 5.74) is 9.12. The Labute approximate surface area is 198 Å². The highest BCUT2D eigenvalue weighted by molar-refractivity contribution is 5.89. The van der Waals surface area contributed by atoms with E-state index in [0.29, 0.717) is 33.9 Å². The van der Waals surface area contributed by atoms with Gasteiger partial charge in [0.25, 0.3) is 0 Å². The second kappa shape index (κ2) is 9.57. The van der Waals surface area contributed by atoms with E-state index in [1.165, 1.54) is 19.2 Å². The molecule has 176 valence electrons. The maximum Gasteiger partial charge on any atom is 0.160 e. The van der Waals surface area contributed by atoms with Gasteiger partial charge in [0.1, 0.15) is 23.5 Å². The number of phenols is 1. The quantitative estimate of drug-likeness (QED) is 0.580. The van der Waals surface area contributed by atoms with Gasteiger partial charge in [-0.15, -0.1) is 0 Å². The van der Waals surface area contributed by atoms with Crippen LogP contribution in [0.3, 0.4) is 0 Å². The van der Waals surface area contributed by atoms with Gasteiger partial charge < -0.3 is 25.2 Å². The van der Waals surface area contributed by atoms with Gasteiger partial charge in [-0.25, -0.2) is 9.37 Å². The number of rotatable bonds is 5. The van der Waals surface area contributed by atoms with E-state index in [2.05, 4.69) is 4.90 Å². The number of halogens is 1. The molecule has 0 bridgehead atoms. The SMILES string of the molecule is COc1ccc(-c2c(-c3ccc(C#N)c(F)c3)nc(N3CCC(N)CC3)c(C)c2OC)cc1O. The number of aromatic hydroxyl groups is 1. The number of pyridine rings is 1. The number of hydrogen-bond acceptors (Lipinski definition) is 7. The summed E-state index contributed by atoms with van der Waals surface area (Å²) in [6, 6.07) is 11.4. The van der Waals surface area contributed by atoms with Crippen LogP contribution >= 0.6 is 0 Å². The van der Waals surface area contributed by atoms with Crippen LogP contribution in [-0.4, -0.2) is 43.4 Å². The molecule has 3 aromatic rings. The number of hydrogen-bond donors (Lipinski definition) is 2. The third-order valence-electron chi connectivity index (χ3n) is 6.23. The summed E-state index contributed by atoms with van der Waals surface area (Å²) in [5, 5.41) is 19.6. The van der Waals surface area contributed by atoms with E-state index >= 15 is 0 Å². The zero-order chi connectivity index (χ0) is 24.4. The van der Waals surface area contributed by atoms with Crippen molar-refractivity contribution < 1.29 is 19.0 Å². The van der Waals surface area contributed by atoms with Crippen LogP contribution in [0.25, 0.3) is 22.4 Å². The first kappa shape index (κ1) is 23.3. The Hall–Kier alpha value is -3.83. The number of piperidine rings is 1. The molecule has 1 aliphatic rings. The molecule has 8 heteroatoms. The number of nitriles is 1. The first-order valence-electron chi connectivity index (χ1n) is 11.0. The van der Waals surface area contributed by atoms with Crippen LogP contribution in [0, 0.1) is 24.1 Å². The molecule has 0 spiro atoms. The van der Waals surface area contributed by atoms with Crippen LogP contribution in [-0.2, 0) is 0 Å². The van der Waals surface area contributed by atoms with E-state index in [4.69, 9.17) is 25.5 Å². The fourth-order valence-corrected chi connectivity index (χ4v) is 4.39. The van der Waals surface area contributed by atoms with Gasteiger partial charge in [0, 0.05) is 30.3 Å². The van der Waals surface area contributed by atoms with Gasteiger partial charge in [0.15, 0.2) is 11.5 Å². The van der Waals surface area contributed by atoms with Crippen LogP contribution in [0.15, 0.2) is 36.4 Å². The minimum absolute atomic E-state index is 0.0363. The first-order valence-corrected chi connectivity index (χ1v) is 11.0. The number of nitrogens with zero attached hydrogens (tertiary/aromatic N) is 3. The highest BCUT2D eigenvalue weighted by Crippen LogP contribution is 2.45. The van der Waals surface area contributed by atoms with Crippen LogP contribution in [0.2, 0.25) is 0 Å². The second-order valence-electron chi connectivity index (χ2n) is 8.33. The number of methoxy groups -OCH3 is 2. The summed E-state index contributed by atoms with van der Waals surface area (Å²) < 4.78 is 25.7. The lowest BCUT2D eigenvalue weighted by Crippen LogP contribution is -2.40. The lowest BCUT2D eigenvalue weighted by atomic mass is 9.94. The molecule has 34 heavy (non-hydrogen) atoms. The van der Waals surface area contributed by atoms with Crippen molar-refractivity contribution >= 4 is 5.82 Å². The average Bonchev–Trinajstić information content (AvgIpc) is 2.84. The Kier molecular flexibility index (Phi) is 6.57.